The van der Waals surface area contributed by atoms with E-state index in [1.807, 2.05) is 0 Å². The van der Waals surface area contributed by atoms with Crippen LogP contribution in [0.3, 0.4) is 0 Å². The lowest BCUT2D eigenvalue weighted by molar-refractivity contribution is 0.0777. The molecule has 2 nitrogen and oxygen atoms in total. The summed E-state index contributed by atoms with van der Waals surface area (Å²) in [5, 5.41) is 0. The second-order valence-electron chi connectivity index (χ2n) is 3.30. The zero-order valence-electron chi connectivity index (χ0n) is 8.92. The topological polar surface area (TPSA) is 35.2 Å². The number of hydrogen-bond donors (Lipinski definition) is 1. The van der Waals surface area contributed by atoms with Gasteiger partial charge in [-0.25, -0.2) is 17.6 Å². The van der Waals surface area contributed by atoms with Gasteiger partial charge in [0.05, 0.1) is 0 Å². The third-order valence-electron chi connectivity index (χ3n) is 1.90. The highest BCUT2D eigenvalue weighted by Gasteiger charge is 2.15. The average molecular weight is 274 g/mol. The summed E-state index contributed by atoms with van der Waals surface area (Å²) in [6.07, 6.45) is -2.79. The standard InChI is InChI=1S/C10H11F4NO.ClH/c1-5(15)6-2-7(11)10(8(12)3-6)16-4-9(13)14;/h2-3,5,9H,4,15H2,1H3;1H. The zero-order valence-corrected chi connectivity index (χ0v) is 9.74. The van der Waals surface area contributed by atoms with Gasteiger partial charge in [0.15, 0.2) is 17.4 Å². The molecule has 1 aromatic carbocycles. The van der Waals surface area contributed by atoms with Crippen LogP contribution in [0, 0.1) is 11.6 Å². The molecule has 2 N–H and O–H groups in total. The van der Waals surface area contributed by atoms with Crippen molar-refractivity contribution in [3.63, 3.8) is 0 Å². The van der Waals surface area contributed by atoms with Crippen LogP contribution in [0.25, 0.3) is 0 Å². The third-order valence-corrected chi connectivity index (χ3v) is 1.90. The lowest BCUT2D eigenvalue weighted by Crippen LogP contribution is -2.11. The van der Waals surface area contributed by atoms with Crippen LogP contribution in [0.2, 0.25) is 0 Å². The van der Waals surface area contributed by atoms with Gasteiger partial charge in [0.1, 0.15) is 6.61 Å². The quantitative estimate of drug-likeness (QED) is 0.856. The summed E-state index contributed by atoms with van der Waals surface area (Å²) in [6.45, 7) is 0.499. The Morgan fingerprint density at radius 2 is 1.71 bits per heavy atom. The highest BCUT2D eigenvalue weighted by molar-refractivity contribution is 5.85. The van der Waals surface area contributed by atoms with Gasteiger partial charge in [-0.15, -0.1) is 12.4 Å². The second-order valence-corrected chi connectivity index (χ2v) is 3.30. The lowest BCUT2D eigenvalue weighted by atomic mass is 10.1. The number of hydrogen-bond acceptors (Lipinski definition) is 2. The van der Waals surface area contributed by atoms with Crippen LogP contribution in [-0.2, 0) is 0 Å². The van der Waals surface area contributed by atoms with E-state index in [2.05, 4.69) is 4.74 Å². The Morgan fingerprint density at radius 3 is 2.06 bits per heavy atom. The van der Waals surface area contributed by atoms with Crippen LogP contribution in [-0.4, -0.2) is 13.0 Å². The molecule has 1 rings (SSSR count). The Labute approximate surface area is 102 Å². The van der Waals surface area contributed by atoms with E-state index in [1.54, 1.807) is 6.92 Å². The van der Waals surface area contributed by atoms with Gasteiger partial charge in [0.25, 0.3) is 6.43 Å². The maximum atomic E-state index is 13.3. The predicted molar refractivity (Wildman–Crippen MR) is 57.7 cm³/mol. The van der Waals surface area contributed by atoms with Gasteiger partial charge in [-0.2, -0.15) is 0 Å². The van der Waals surface area contributed by atoms with Gasteiger partial charge in [-0.05, 0) is 24.6 Å². The Kier molecular flexibility index (Phi) is 6.26. The SMILES string of the molecule is CC(N)c1cc(F)c(OCC(F)F)c(F)c1.Cl. The molecule has 17 heavy (non-hydrogen) atoms. The van der Waals surface area contributed by atoms with Gasteiger partial charge in [-0.3, -0.25) is 0 Å². The minimum absolute atomic E-state index is 0. The second kappa shape index (κ2) is 6.66. The number of alkyl halides is 2. The first-order chi connectivity index (χ1) is 7.41. The first kappa shape index (κ1) is 16.0. The number of benzene rings is 1. The number of ether oxygens (including phenoxy) is 1. The highest BCUT2D eigenvalue weighted by Crippen LogP contribution is 2.25. The Hall–Kier alpha value is -1.01. The summed E-state index contributed by atoms with van der Waals surface area (Å²) in [7, 11) is 0. The van der Waals surface area contributed by atoms with E-state index in [4.69, 9.17) is 5.73 Å². The molecule has 0 radical (unpaired) electrons. The van der Waals surface area contributed by atoms with Crippen LogP contribution in [0.15, 0.2) is 12.1 Å². The molecule has 1 unspecified atom stereocenters. The lowest BCUT2D eigenvalue weighted by Gasteiger charge is -2.11. The van der Waals surface area contributed by atoms with Crippen LogP contribution in [0.4, 0.5) is 17.6 Å². The van der Waals surface area contributed by atoms with Crippen molar-refractivity contribution in [1.29, 1.82) is 0 Å². The molecule has 0 bridgehead atoms. The normalized spacial score (nSPS) is 12.2. The largest absolute Gasteiger partial charge is 0.482 e. The van der Waals surface area contributed by atoms with Crippen molar-refractivity contribution in [2.45, 2.75) is 19.4 Å². The molecule has 0 amide bonds. The van der Waals surface area contributed by atoms with E-state index in [0.717, 1.165) is 12.1 Å². The fraction of sp³-hybridized carbons (Fsp3) is 0.400. The van der Waals surface area contributed by atoms with E-state index in [9.17, 15) is 17.6 Å². The number of rotatable bonds is 4. The van der Waals surface area contributed by atoms with Crippen LogP contribution in [0.5, 0.6) is 5.75 Å². The van der Waals surface area contributed by atoms with Crippen molar-refractivity contribution in [1.82, 2.24) is 0 Å². The molecule has 0 spiro atoms. The fourth-order valence-electron chi connectivity index (χ4n) is 1.13. The maximum absolute atomic E-state index is 13.3. The van der Waals surface area contributed by atoms with Crippen LogP contribution >= 0.6 is 12.4 Å². The molecule has 98 valence electrons. The molecule has 0 aromatic heterocycles. The Balaban J connectivity index is 0.00000256. The van der Waals surface area contributed by atoms with E-state index in [-0.39, 0.29) is 18.0 Å². The van der Waals surface area contributed by atoms with Gasteiger partial charge < -0.3 is 10.5 Å². The summed E-state index contributed by atoms with van der Waals surface area (Å²) in [4.78, 5) is 0. The first-order valence-corrected chi connectivity index (χ1v) is 4.57. The van der Waals surface area contributed by atoms with Crippen LogP contribution < -0.4 is 10.5 Å². The fourth-order valence-corrected chi connectivity index (χ4v) is 1.13. The van der Waals surface area contributed by atoms with Crippen molar-refractivity contribution >= 4 is 12.4 Å². The summed E-state index contributed by atoms with van der Waals surface area (Å²) in [5.74, 6) is -2.87. The molecule has 0 aliphatic carbocycles. The monoisotopic (exact) mass is 273 g/mol. The number of nitrogens with two attached hydrogens (primary N) is 1. The summed E-state index contributed by atoms with van der Waals surface area (Å²) < 4.78 is 54.4. The third kappa shape index (κ3) is 4.40. The smallest absolute Gasteiger partial charge is 0.272 e. The molecular weight excluding hydrogens is 262 g/mol. The molecule has 0 aliphatic rings. The van der Waals surface area contributed by atoms with Gasteiger partial charge in [-0.1, -0.05) is 0 Å². The van der Waals surface area contributed by atoms with Gasteiger partial charge in [0, 0.05) is 6.04 Å². The molecular formula is C10H12ClF4NO. The molecule has 0 saturated heterocycles. The number of halogens is 5. The molecule has 7 heteroatoms. The van der Waals surface area contributed by atoms with Crippen molar-refractivity contribution in [3.05, 3.63) is 29.3 Å². The van der Waals surface area contributed by atoms with E-state index in [1.165, 1.54) is 0 Å². The van der Waals surface area contributed by atoms with Gasteiger partial charge >= 0.3 is 0 Å². The van der Waals surface area contributed by atoms with Gasteiger partial charge in [0.2, 0.25) is 0 Å². The summed E-state index contributed by atoms with van der Waals surface area (Å²) in [5.41, 5.74) is 5.67. The molecule has 1 aromatic rings. The Bertz CT molecular complexity index is 350. The minimum atomic E-state index is -2.79. The van der Waals surface area contributed by atoms with E-state index in [0.29, 0.717) is 0 Å². The van der Waals surface area contributed by atoms with Crippen molar-refractivity contribution < 1.29 is 22.3 Å². The van der Waals surface area contributed by atoms with E-state index >= 15 is 0 Å². The van der Waals surface area contributed by atoms with Crippen molar-refractivity contribution in [2.24, 2.45) is 5.73 Å². The first-order valence-electron chi connectivity index (χ1n) is 4.57. The molecule has 0 aliphatic heterocycles. The van der Waals surface area contributed by atoms with Crippen molar-refractivity contribution in [3.8, 4) is 5.75 Å². The van der Waals surface area contributed by atoms with Crippen molar-refractivity contribution in [2.75, 3.05) is 6.61 Å². The van der Waals surface area contributed by atoms with Crippen LogP contribution in [0.1, 0.15) is 18.5 Å². The average Bonchev–Trinajstić information content (AvgIpc) is 2.15. The molecule has 0 fully saturated rings. The highest BCUT2D eigenvalue weighted by atomic mass is 35.5. The zero-order chi connectivity index (χ0) is 12.3. The predicted octanol–water partition coefficient (Wildman–Crippen LogP) is 3.05. The molecule has 0 heterocycles. The molecule has 0 saturated carbocycles. The summed E-state index contributed by atoms with van der Waals surface area (Å²) >= 11 is 0. The summed E-state index contributed by atoms with van der Waals surface area (Å²) in [6, 6.07) is 1.39. The maximum Gasteiger partial charge on any atom is 0.272 e. The molecule has 1 atom stereocenters. The minimum Gasteiger partial charge on any atom is -0.482 e. The Morgan fingerprint density at radius 1 is 1.24 bits per heavy atom. The van der Waals surface area contributed by atoms with E-state index < -0.39 is 36.5 Å².